The van der Waals surface area contributed by atoms with Crippen LogP contribution in [0.4, 0.5) is 0 Å². The van der Waals surface area contributed by atoms with Crippen molar-refractivity contribution in [1.82, 2.24) is 20.0 Å². The number of hydrogen-bond acceptors (Lipinski definition) is 1. The summed E-state index contributed by atoms with van der Waals surface area (Å²) in [6.07, 6.45) is 2.30. The second kappa shape index (κ2) is 17.3. The van der Waals surface area contributed by atoms with E-state index in [2.05, 4.69) is 142 Å². The zero-order valence-electron chi connectivity index (χ0n) is 28.8. The van der Waals surface area contributed by atoms with Gasteiger partial charge < -0.3 is 9.80 Å². The maximum atomic E-state index is 5.30. The number of aliphatic imine (C=N–C) groups is 1. The Hall–Kier alpha value is -1.46. The van der Waals surface area contributed by atoms with Crippen molar-refractivity contribution in [3.63, 3.8) is 0 Å². The quantitative estimate of drug-likeness (QED) is 0.113. The highest BCUT2D eigenvalue weighted by atomic mass is 15.4. The van der Waals surface area contributed by atoms with E-state index in [0.29, 0.717) is 54.3 Å². The summed E-state index contributed by atoms with van der Waals surface area (Å²) >= 11 is 0. The molecule has 0 aromatic heterocycles. The Morgan fingerprint density at radius 3 is 1.26 bits per heavy atom. The minimum absolute atomic E-state index is 0.414. The average molecular weight is 538 g/mol. The lowest BCUT2D eigenvalue weighted by Crippen LogP contribution is -2.55. The lowest BCUT2D eigenvalue weighted by molar-refractivity contribution is -0.594. The minimum atomic E-state index is 0.414. The van der Waals surface area contributed by atoms with E-state index in [9.17, 15) is 0 Å². The van der Waals surface area contributed by atoms with E-state index in [1.54, 1.807) is 0 Å². The van der Waals surface area contributed by atoms with Crippen LogP contribution >= 0.6 is 0 Å². The van der Waals surface area contributed by atoms with Crippen molar-refractivity contribution in [1.29, 1.82) is 0 Å². The predicted octanol–water partition coefficient (Wildman–Crippen LogP) is 6.89. The molecule has 1 N–H and O–H groups in total. The van der Waals surface area contributed by atoms with E-state index in [-0.39, 0.29) is 0 Å². The van der Waals surface area contributed by atoms with Crippen molar-refractivity contribution in [2.24, 2.45) is 10.9 Å². The van der Waals surface area contributed by atoms with Gasteiger partial charge in [0.1, 0.15) is 0 Å². The summed E-state index contributed by atoms with van der Waals surface area (Å²) in [4.78, 5) is 12.8. The molecule has 0 amide bonds. The predicted molar refractivity (Wildman–Crippen MR) is 171 cm³/mol. The first-order chi connectivity index (χ1) is 17.4. The van der Waals surface area contributed by atoms with Crippen LogP contribution in [0.1, 0.15) is 131 Å². The molecular weight excluding hydrogens is 468 g/mol. The molecule has 0 aliphatic heterocycles. The van der Waals surface area contributed by atoms with Gasteiger partial charge in [0.05, 0.1) is 30.7 Å². The van der Waals surface area contributed by atoms with Crippen LogP contribution in [0, 0.1) is 5.92 Å². The summed E-state index contributed by atoms with van der Waals surface area (Å²) in [7, 11) is 0. The Bertz CT molecular complexity index is 647. The molecule has 0 radical (unpaired) electrons. The molecular formula is C32H69N6+. The third-order valence-corrected chi connectivity index (χ3v) is 7.10. The molecule has 0 heterocycles. The molecule has 0 saturated heterocycles. The zero-order chi connectivity index (χ0) is 29.9. The molecule has 38 heavy (non-hydrogen) atoms. The van der Waals surface area contributed by atoms with Gasteiger partial charge in [0.15, 0.2) is 5.96 Å². The maximum Gasteiger partial charge on any atom is 0.348 e. The van der Waals surface area contributed by atoms with Gasteiger partial charge in [0, 0.05) is 30.7 Å². The molecule has 0 rings (SSSR count). The van der Waals surface area contributed by atoms with Crippen LogP contribution in [0.25, 0.3) is 0 Å². The van der Waals surface area contributed by atoms with E-state index in [0.717, 1.165) is 31.9 Å². The SMILES string of the molecule is CC(CCCNC(N(C(C)C)C(C)C)=[N+](C(C)C)C(C)C)CN=C(N(C(C)C)C(C)C)N(C(C)C)C(C)C. The van der Waals surface area contributed by atoms with Gasteiger partial charge in [-0.2, -0.15) is 0 Å². The highest BCUT2D eigenvalue weighted by Crippen LogP contribution is 2.17. The molecule has 1 atom stereocenters. The van der Waals surface area contributed by atoms with Crippen LogP contribution in [0.5, 0.6) is 0 Å². The van der Waals surface area contributed by atoms with E-state index in [1.807, 2.05) is 0 Å². The van der Waals surface area contributed by atoms with Gasteiger partial charge in [-0.1, -0.05) is 6.92 Å². The maximum absolute atomic E-state index is 5.30. The molecule has 0 saturated carbocycles. The van der Waals surface area contributed by atoms with E-state index in [4.69, 9.17) is 4.99 Å². The first kappa shape index (κ1) is 36.5. The third kappa shape index (κ3) is 11.3. The van der Waals surface area contributed by atoms with Crippen LogP contribution in [0.3, 0.4) is 0 Å². The number of nitrogens with one attached hydrogen (secondary N) is 1. The molecule has 0 aromatic rings. The Morgan fingerprint density at radius 1 is 0.579 bits per heavy atom. The van der Waals surface area contributed by atoms with E-state index < -0.39 is 0 Å². The van der Waals surface area contributed by atoms with Crippen LogP contribution in [-0.2, 0) is 0 Å². The van der Waals surface area contributed by atoms with E-state index in [1.165, 1.54) is 5.96 Å². The van der Waals surface area contributed by atoms with Gasteiger partial charge in [0.25, 0.3) is 0 Å². The zero-order valence-corrected chi connectivity index (χ0v) is 28.8. The lowest BCUT2D eigenvalue weighted by Gasteiger charge is -2.43. The molecule has 6 heteroatoms. The van der Waals surface area contributed by atoms with Crippen molar-refractivity contribution < 1.29 is 4.58 Å². The first-order valence-electron chi connectivity index (χ1n) is 15.7. The van der Waals surface area contributed by atoms with Crippen molar-refractivity contribution in [2.45, 2.75) is 179 Å². The van der Waals surface area contributed by atoms with Crippen molar-refractivity contribution >= 4 is 11.9 Å². The highest BCUT2D eigenvalue weighted by molar-refractivity contribution is 5.81. The van der Waals surface area contributed by atoms with Crippen molar-refractivity contribution in [3.05, 3.63) is 0 Å². The van der Waals surface area contributed by atoms with Crippen LogP contribution in [0.15, 0.2) is 4.99 Å². The monoisotopic (exact) mass is 538 g/mol. The van der Waals surface area contributed by atoms with Crippen LogP contribution < -0.4 is 5.32 Å². The summed E-state index contributed by atoms with van der Waals surface area (Å²) in [6.45, 7) is 40.9. The molecule has 0 bridgehead atoms. The van der Waals surface area contributed by atoms with Crippen molar-refractivity contribution in [2.75, 3.05) is 13.1 Å². The second-order valence-electron chi connectivity index (χ2n) is 13.5. The van der Waals surface area contributed by atoms with Gasteiger partial charge in [0.2, 0.25) is 0 Å². The number of guanidine groups is 2. The topological polar surface area (TPSA) is 37.1 Å². The number of rotatable bonds is 14. The molecule has 0 aliphatic carbocycles. The summed E-state index contributed by atoms with van der Waals surface area (Å²) in [5.41, 5.74) is 0. The van der Waals surface area contributed by atoms with Gasteiger partial charge in [-0.3, -0.25) is 19.8 Å². The largest absolute Gasteiger partial charge is 0.348 e. The number of hydrogen-bond donors (Lipinski definition) is 1. The average Bonchev–Trinajstić information content (AvgIpc) is 2.72. The standard InChI is InChI=1S/C32H68N6/c1-22(2)35(23(3)4)31(36(24(5)6)25(7)8)33-20-18-19-30(17)21-34-32(37(26(9)10)27(11)12)38(28(13)14)29(15)16/h22-30H,18-21H2,1-17H3/p+1. The fraction of sp³-hybridized carbons (Fsp3) is 0.938. The fourth-order valence-corrected chi connectivity index (χ4v) is 5.88. The van der Waals surface area contributed by atoms with Crippen LogP contribution in [-0.4, -0.2) is 92.6 Å². The minimum Gasteiger partial charge on any atom is -0.338 e. The van der Waals surface area contributed by atoms with E-state index >= 15 is 0 Å². The molecule has 6 nitrogen and oxygen atoms in total. The molecule has 1 unspecified atom stereocenters. The second-order valence-corrected chi connectivity index (χ2v) is 13.5. The summed E-state index contributed by atoms with van der Waals surface area (Å²) in [5.74, 6) is 2.98. The Balaban J connectivity index is 5.69. The molecule has 226 valence electrons. The Labute approximate surface area is 239 Å². The summed E-state index contributed by atoms with van der Waals surface area (Å²) in [6, 6.07) is 3.43. The molecule has 0 aromatic carbocycles. The van der Waals surface area contributed by atoms with Gasteiger partial charge >= 0.3 is 5.96 Å². The summed E-state index contributed by atoms with van der Waals surface area (Å²) < 4.78 is 2.54. The molecule has 0 spiro atoms. The molecule has 0 aliphatic rings. The third-order valence-electron chi connectivity index (χ3n) is 7.10. The van der Waals surface area contributed by atoms with Gasteiger partial charge in [-0.05, 0) is 130 Å². The van der Waals surface area contributed by atoms with Crippen LogP contribution in [0.2, 0.25) is 0 Å². The first-order valence-corrected chi connectivity index (χ1v) is 15.7. The number of nitrogens with zero attached hydrogens (tertiary/aromatic N) is 5. The smallest absolute Gasteiger partial charge is 0.338 e. The Kier molecular flexibility index (Phi) is 16.6. The van der Waals surface area contributed by atoms with Crippen molar-refractivity contribution in [3.8, 4) is 0 Å². The fourth-order valence-electron chi connectivity index (χ4n) is 5.88. The Morgan fingerprint density at radius 2 is 0.947 bits per heavy atom. The molecule has 0 fully saturated rings. The lowest BCUT2D eigenvalue weighted by atomic mass is 10.1. The normalized spacial score (nSPS) is 13.0. The highest BCUT2D eigenvalue weighted by Gasteiger charge is 2.30. The van der Waals surface area contributed by atoms with Gasteiger partial charge in [-0.25, -0.2) is 0 Å². The summed E-state index contributed by atoms with van der Waals surface area (Å²) in [5, 5.41) is 3.88. The van der Waals surface area contributed by atoms with Gasteiger partial charge in [-0.15, -0.1) is 0 Å².